The summed E-state index contributed by atoms with van der Waals surface area (Å²) in [5, 5.41) is 0. The molecule has 0 amide bonds. The van der Waals surface area contributed by atoms with E-state index in [1.165, 1.54) is 30.3 Å². The van der Waals surface area contributed by atoms with Crippen molar-refractivity contribution in [3.63, 3.8) is 0 Å². The van der Waals surface area contributed by atoms with Crippen molar-refractivity contribution in [1.82, 2.24) is 4.72 Å². The minimum atomic E-state index is -3.73. The minimum absolute atomic E-state index is 0.114. The van der Waals surface area contributed by atoms with Crippen molar-refractivity contribution < 1.29 is 17.2 Å². The Balaban J connectivity index is 1.98. The standard InChI is InChI=1S/C14H13F2NO2S/c15-12-6-4-11(5-7-12)8-9-17-20(18,19)14-3-1-2-13(16)10-14/h1-7,10,17H,8-9H2. The molecule has 0 saturated heterocycles. The molecule has 2 rings (SSSR count). The van der Waals surface area contributed by atoms with Gasteiger partial charge in [-0.15, -0.1) is 0 Å². The van der Waals surface area contributed by atoms with Gasteiger partial charge in [-0.1, -0.05) is 18.2 Å². The lowest BCUT2D eigenvalue weighted by Gasteiger charge is -2.07. The molecular formula is C14H13F2NO2S. The molecule has 0 aliphatic carbocycles. The highest BCUT2D eigenvalue weighted by Crippen LogP contribution is 2.10. The van der Waals surface area contributed by atoms with E-state index >= 15 is 0 Å². The molecule has 0 spiro atoms. The van der Waals surface area contributed by atoms with E-state index in [1.54, 1.807) is 12.1 Å². The molecule has 3 nitrogen and oxygen atoms in total. The summed E-state index contributed by atoms with van der Waals surface area (Å²) in [4.78, 5) is -0.114. The molecule has 0 aromatic heterocycles. The van der Waals surface area contributed by atoms with Crippen molar-refractivity contribution in [2.75, 3.05) is 6.54 Å². The van der Waals surface area contributed by atoms with Crippen LogP contribution in [0.4, 0.5) is 8.78 Å². The number of sulfonamides is 1. The molecule has 106 valence electrons. The second-order valence-corrected chi connectivity index (χ2v) is 6.00. The van der Waals surface area contributed by atoms with Crippen LogP contribution in [-0.2, 0) is 16.4 Å². The van der Waals surface area contributed by atoms with Crippen molar-refractivity contribution >= 4 is 10.0 Å². The summed E-state index contributed by atoms with van der Waals surface area (Å²) in [6, 6.07) is 10.6. The predicted octanol–water partition coefficient (Wildman–Crippen LogP) is 2.49. The fraction of sp³-hybridized carbons (Fsp3) is 0.143. The Morgan fingerprint density at radius 1 is 0.950 bits per heavy atom. The Morgan fingerprint density at radius 3 is 2.30 bits per heavy atom. The van der Waals surface area contributed by atoms with Gasteiger partial charge in [0.1, 0.15) is 11.6 Å². The van der Waals surface area contributed by atoms with Gasteiger partial charge in [-0.25, -0.2) is 21.9 Å². The molecular weight excluding hydrogens is 284 g/mol. The van der Waals surface area contributed by atoms with E-state index in [-0.39, 0.29) is 17.3 Å². The molecule has 1 N–H and O–H groups in total. The average Bonchev–Trinajstić information content (AvgIpc) is 2.41. The van der Waals surface area contributed by atoms with E-state index in [1.807, 2.05) is 0 Å². The maximum atomic E-state index is 13.0. The number of hydrogen-bond acceptors (Lipinski definition) is 2. The summed E-state index contributed by atoms with van der Waals surface area (Å²) in [6.45, 7) is 0.157. The summed E-state index contributed by atoms with van der Waals surface area (Å²) in [5.41, 5.74) is 0.813. The molecule has 0 bridgehead atoms. The van der Waals surface area contributed by atoms with Crippen LogP contribution in [0.5, 0.6) is 0 Å². The van der Waals surface area contributed by atoms with Gasteiger partial charge in [0.15, 0.2) is 0 Å². The molecule has 0 heterocycles. The normalized spacial score (nSPS) is 11.5. The third-order valence-corrected chi connectivity index (χ3v) is 4.18. The number of rotatable bonds is 5. The van der Waals surface area contributed by atoms with Gasteiger partial charge < -0.3 is 0 Å². The summed E-state index contributed by atoms with van der Waals surface area (Å²) >= 11 is 0. The lowest BCUT2D eigenvalue weighted by molar-refractivity contribution is 0.577. The molecule has 2 aromatic carbocycles. The Morgan fingerprint density at radius 2 is 1.65 bits per heavy atom. The highest BCUT2D eigenvalue weighted by Gasteiger charge is 2.13. The molecule has 0 radical (unpaired) electrons. The molecule has 2 aromatic rings. The van der Waals surface area contributed by atoms with Crippen molar-refractivity contribution in [2.24, 2.45) is 0 Å². The van der Waals surface area contributed by atoms with Crippen LogP contribution < -0.4 is 4.72 Å². The predicted molar refractivity (Wildman–Crippen MR) is 71.7 cm³/mol. The smallest absolute Gasteiger partial charge is 0.211 e. The molecule has 20 heavy (non-hydrogen) atoms. The molecule has 0 atom stereocenters. The third-order valence-electron chi connectivity index (χ3n) is 2.73. The van der Waals surface area contributed by atoms with Crippen molar-refractivity contribution in [2.45, 2.75) is 11.3 Å². The Hall–Kier alpha value is -1.79. The van der Waals surface area contributed by atoms with Gasteiger partial charge in [0, 0.05) is 6.54 Å². The molecule has 0 aliphatic heterocycles. The van der Waals surface area contributed by atoms with E-state index in [9.17, 15) is 17.2 Å². The number of halogens is 2. The van der Waals surface area contributed by atoms with Crippen LogP contribution in [0.15, 0.2) is 53.4 Å². The molecule has 0 saturated carbocycles. The lowest BCUT2D eigenvalue weighted by atomic mass is 10.1. The fourth-order valence-electron chi connectivity index (χ4n) is 1.70. The van der Waals surface area contributed by atoms with Crippen LogP contribution in [0, 0.1) is 11.6 Å². The Labute approximate surface area is 116 Å². The number of hydrogen-bond donors (Lipinski definition) is 1. The van der Waals surface area contributed by atoms with E-state index in [4.69, 9.17) is 0 Å². The first kappa shape index (κ1) is 14.6. The fourth-order valence-corrected chi connectivity index (χ4v) is 2.76. The van der Waals surface area contributed by atoms with Crippen LogP contribution in [-0.4, -0.2) is 15.0 Å². The van der Waals surface area contributed by atoms with Gasteiger partial charge >= 0.3 is 0 Å². The van der Waals surface area contributed by atoms with Crippen molar-refractivity contribution in [1.29, 1.82) is 0 Å². The summed E-state index contributed by atoms with van der Waals surface area (Å²) in [5.74, 6) is -0.944. The third kappa shape index (κ3) is 3.85. The van der Waals surface area contributed by atoms with Crippen LogP contribution in [0.2, 0.25) is 0 Å². The van der Waals surface area contributed by atoms with Gasteiger partial charge in [0.25, 0.3) is 0 Å². The van der Waals surface area contributed by atoms with Crippen LogP contribution in [0.1, 0.15) is 5.56 Å². The highest BCUT2D eigenvalue weighted by atomic mass is 32.2. The quantitative estimate of drug-likeness (QED) is 0.921. The Bertz CT molecular complexity index is 685. The van der Waals surface area contributed by atoms with Crippen molar-refractivity contribution in [3.8, 4) is 0 Å². The van der Waals surface area contributed by atoms with E-state index in [2.05, 4.69) is 4.72 Å². The summed E-state index contributed by atoms with van der Waals surface area (Å²) < 4.78 is 51.9. The number of benzene rings is 2. The van der Waals surface area contributed by atoms with Crippen LogP contribution >= 0.6 is 0 Å². The second kappa shape index (κ2) is 6.11. The SMILES string of the molecule is O=S(=O)(NCCc1ccc(F)cc1)c1cccc(F)c1. The first-order valence-electron chi connectivity index (χ1n) is 5.97. The van der Waals surface area contributed by atoms with E-state index in [0.717, 1.165) is 11.6 Å². The van der Waals surface area contributed by atoms with E-state index < -0.39 is 15.8 Å². The zero-order chi connectivity index (χ0) is 14.6. The summed E-state index contributed by atoms with van der Waals surface area (Å²) in [6.07, 6.45) is 0.425. The first-order valence-corrected chi connectivity index (χ1v) is 7.45. The zero-order valence-corrected chi connectivity index (χ0v) is 11.3. The van der Waals surface area contributed by atoms with E-state index in [0.29, 0.717) is 6.42 Å². The maximum Gasteiger partial charge on any atom is 0.240 e. The minimum Gasteiger partial charge on any atom is -0.211 e. The molecule has 0 fully saturated rings. The van der Waals surface area contributed by atoms with Gasteiger partial charge in [-0.2, -0.15) is 0 Å². The molecule has 0 unspecified atom stereocenters. The van der Waals surface area contributed by atoms with Crippen LogP contribution in [0.3, 0.4) is 0 Å². The zero-order valence-electron chi connectivity index (χ0n) is 10.5. The number of nitrogens with one attached hydrogen (secondary N) is 1. The topological polar surface area (TPSA) is 46.2 Å². The average molecular weight is 297 g/mol. The molecule has 6 heteroatoms. The largest absolute Gasteiger partial charge is 0.240 e. The lowest BCUT2D eigenvalue weighted by Crippen LogP contribution is -2.26. The second-order valence-electron chi connectivity index (χ2n) is 4.23. The van der Waals surface area contributed by atoms with Crippen LogP contribution in [0.25, 0.3) is 0 Å². The maximum absolute atomic E-state index is 13.0. The van der Waals surface area contributed by atoms with Gasteiger partial charge in [-0.3, -0.25) is 0 Å². The highest BCUT2D eigenvalue weighted by molar-refractivity contribution is 7.89. The first-order chi connectivity index (χ1) is 9.47. The molecule has 0 aliphatic rings. The van der Waals surface area contributed by atoms with Gasteiger partial charge in [0.05, 0.1) is 4.90 Å². The summed E-state index contributed by atoms with van der Waals surface area (Å²) in [7, 11) is -3.73. The van der Waals surface area contributed by atoms with Crippen molar-refractivity contribution in [3.05, 3.63) is 65.7 Å². The Kier molecular flexibility index (Phi) is 4.46. The van der Waals surface area contributed by atoms with Gasteiger partial charge in [0.2, 0.25) is 10.0 Å². The monoisotopic (exact) mass is 297 g/mol. The van der Waals surface area contributed by atoms with Gasteiger partial charge in [-0.05, 0) is 42.3 Å².